The normalized spacial score (nSPS) is 25.8. The van der Waals surface area contributed by atoms with Crippen molar-refractivity contribution in [1.29, 1.82) is 0 Å². The topological polar surface area (TPSA) is 36.0 Å². The first-order valence-electron chi connectivity index (χ1n) is 8.98. The Kier molecular flexibility index (Phi) is 5.41. The molecule has 5 heteroatoms. The summed E-state index contributed by atoms with van der Waals surface area (Å²) in [5, 5.41) is 0. The fraction of sp³-hybridized carbons (Fsp3) is 0.632. The molecule has 2 fully saturated rings. The van der Waals surface area contributed by atoms with Gasteiger partial charge in [0.25, 0.3) is 0 Å². The predicted octanol–water partition coefficient (Wildman–Crippen LogP) is 1.75. The molecule has 2 saturated heterocycles. The number of aryl methyl sites for hydroxylation is 1. The van der Waals surface area contributed by atoms with E-state index in [1.807, 2.05) is 4.90 Å². The third-order valence-corrected chi connectivity index (χ3v) is 5.07. The number of carbonyl (C=O) groups is 1. The summed E-state index contributed by atoms with van der Waals surface area (Å²) >= 11 is 0. The number of piperazine rings is 1. The van der Waals surface area contributed by atoms with Gasteiger partial charge in [-0.3, -0.25) is 9.69 Å². The molecule has 2 heterocycles. The van der Waals surface area contributed by atoms with Gasteiger partial charge in [0.05, 0.1) is 19.3 Å². The molecular weight excluding hydrogens is 302 g/mol. The molecule has 1 amide bonds. The van der Waals surface area contributed by atoms with Crippen LogP contribution >= 0.6 is 0 Å². The number of hydrogen-bond acceptors (Lipinski definition) is 4. The summed E-state index contributed by atoms with van der Waals surface area (Å²) < 4.78 is 5.65. The maximum Gasteiger partial charge on any atom is 0.236 e. The minimum Gasteiger partial charge on any atom is -0.376 e. The van der Waals surface area contributed by atoms with Gasteiger partial charge in [-0.1, -0.05) is 12.1 Å². The van der Waals surface area contributed by atoms with Crippen molar-refractivity contribution in [2.24, 2.45) is 0 Å². The van der Waals surface area contributed by atoms with Gasteiger partial charge in [0.2, 0.25) is 5.91 Å². The van der Waals surface area contributed by atoms with Gasteiger partial charge in [-0.2, -0.15) is 0 Å². The average molecular weight is 331 g/mol. The highest BCUT2D eigenvalue weighted by Crippen LogP contribution is 2.18. The zero-order chi connectivity index (χ0) is 17.1. The van der Waals surface area contributed by atoms with E-state index in [0.717, 1.165) is 39.3 Å². The number of hydrogen-bond donors (Lipinski definition) is 0. The number of anilines is 1. The highest BCUT2D eigenvalue weighted by atomic mass is 16.5. The number of morpholine rings is 1. The number of benzene rings is 1. The van der Waals surface area contributed by atoms with Crippen LogP contribution in [0.4, 0.5) is 5.69 Å². The first-order chi connectivity index (χ1) is 11.5. The Hall–Kier alpha value is -1.59. The Labute approximate surface area is 145 Å². The molecule has 0 aromatic heterocycles. The Morgan fingerprint density at radius 2 is 1.96 bits per heavy atom. The number of amides is 1. The second-order valence-electron chi connectivity index (χ2n) is 7.13. The molecule has 132 valence electrons. The van der Waals surface area contributed by atoms with E-state index < -0.39 is 0 Å². The Morgan fingerprint density at radius 3 is 2.67 bits per heavy atom. The molecule has 2 unspecified atom stereocenters. The van der Waals surface area contributed by atoms with Gasteiger partial charge in [-0.15, -0.1) is 0 Å². The van der Waals surface area contributed by atoms with Crippen molar-refractivity contribution in [3.05, 3.63) is 29.8 Å². The van der Waals surface area contributed by atoms with Gasteiger partial charge in [0.15, 0.2) is 0 Å². The molecule has 0 aliphatic carbocycles. The van der Waals surface area contributed by atoms with E-state index in [2.05, 4.69) is 54.8 Å². The van der Waals surface area contributed by atoms with Gasteiger partial charge >= 0.3 is 0 Å². The van der Waals surface area contributed by atoms with E-state index >= 15 is 0 Å². The maximum absolute atomic E-state index is 12.6. The van der Waals surface area contributed by atoms with E-state index in [4.69, 9.17) is 4.74 Å². The van der Waals surface area contributed by atoms with E-state index in [1.165, 1.54) is 11.3 Å². The number of nitrogens with zero attached hydrogens (tertiary/aromatic N) is 3. The van der Waals surface area contributed by atoms with Crippen LogP contribution in [-0.2, 0) is 9.53 Å². The van der Waals surface area contributed by atoms with Crippen molar-refractivity contribution >= 4 is 11.6 Å². The summed E-state index contributed by atoms with van der Waals surface area (Å²) in [4.78, 5) is 19.3. The molecule has 3 rings (SSSR count). The van der Waals surface area contributed by atoms with Gasteiger partial charge in [0.1, 0.15) is 0 Å². The molecule has 24 heavy (non-hydrogen) atoms. The van der Waals surface area contributed by atoms with Gasteiger partial charge in [-0.05, 0) is 38.5 Å². The SMILES string of the molecule is Cc1cccc(N2CCN(C(=O)CN3CC(C)OCC3C)CC2)c1. The monoisotopic (exact) mass is 331 g/mol. The van der Waals surface area contributed by atoms with E-state index in [0.29, 0.717) is 12.6 Å². The summed E-state index contributed by atoms with van der Waals surface area (Å²) in [5.74, 6) is 0.250. The van der Waals surface area contributed by atoms with Crippen LogP contribution in [0.25, 0.3) is 0 Å². The zero-order valence-corrected chi connectivity index (χ0v) is 15.1. The molecule has 1 aromatic rings. The van der Waals surface area contributed by atoms with Gasteiger partial charge in [0, 0.05) is 44.5 Å². The summed E-state index contributed by atoms with van der Waals surface area (Å²) in [7, 11) is 0. The predicted molar refractivity (Wildman–Crippen MR) is 96.4 cm³/mol. The third-order valence-electron chi connectivity index (χ3n) is 5.07. The Bertz CT molecular complexity index is 569. The summed E-state index contributed by atoms with van der Waals surface area (Å²) in [5.41, 5.74) is 2.54. The molecular formula is C19H29N3O2. The molecule has 0 radical (unpaired) electrons. The molecule has 2 atom stereocenters. The number of carbonyl (C=O) groups excluding carboxylic acids is 1. The van der Waals surface area contributed by atoms with Crippen molar-refractivity contribution < 1.29 is 9.53 Å². The minimum atomic E-state index is 0.215. The van der Waals surface area contributed by atoms with Crippen LogP contribution in [0, 0.1) is 6.92 Å². The van der Waals surface area contributed by atoms with Crippen molar-refractivity contribution in [3.63, 3.8) is 0 Å². The van der Waals surface area contributed by atoms with Crippen LogP contribution in [0.15, 0.2) is 24.3 Å². The van der Waals surface area contributed by atoms with Gasteiger partial charge in [-0.25, -0.2) is 0 Å². The van der Waals surface area contributed by atoms with E-state index in [-0.39, 0.29) is 12.0 Å². The lowest BCUT2D eigenvalue weighted by atomic mass is 10.2. The highest BCUT2D eigenvalue weighted by molar-refractivity contribution is 5.78. The van der Waals surface area contributed by atoms with Crippen molar-refractivity contribution in [3.8, 4) is 0 Å². The number of rotatable bonds is 3. The second kappa shape index (κ2) is 7.53. The van der Waals surface area contributed by atoms with Crippen LogP contribution in [0.3, 0.4) is 0 Å². The van der Waals surface area contributed by atoms with Gasteiger partial charge < -0.3 is 14.5 Å². The van der Waals surface area contributed by atoms with Crippen molar-refractivity contribution in [1.82, 2.24) is 9.80 Å². The molecule has 2 aliphatic rings. The maximum atomic E-state index is 12.6. The summed E-state index contributed by atoms with van der Waals surface area (Å²) in [6, 6.07) is 8.91. The third kappa shape index (κ3) is 4.08. The molecule has 0 spiro atoms. The van der Waals surface area contributed by atoms with Crippen molar-refractivity contribution in [2.45, 2.75) is 32.9 Å². The smallest absolute Gasteiger partial charge is 0.236 e. The second-order valence-corrected chi connectivity index (χ2v) is 7.13. The first kappa shape index (κ1) is 17.2. The van der Waals surface area contributed by atoms with Crippen LogP contribution in [0.2, 0.25) is 0 Å². The fourth-order valence-corrected chi connectivity index (χ4v) is 3.50. The Balaban J connectivity index is 1.51. The van der Waals surface area contributed by atoms with Crippen LogP contribution < -0.4 is 4.90 Å². The first-order valence-corrected chi connectivity index (χ1v) is 8.98. The van der Waals surface area contributed by atoms with Crippen LogP contribution in [0.1, 0.15) is 19.4 Å². The molecule has 0 bridgehead atoms. The van der Waals surface area contributed by atoms with Crippen LogP contribution in [0.5, 0.6) is 0 Å². The Morgan fingerprint density at radius 1 is 1.21 bits per heavy atom. The van der Waals surface area contributed by atoms with Crippen LogP contribution in [-0.4, -0.2) is 73.7 Å². The molecule has 0 N–H and O–H groups in total. The highest BCUT2D eigenvalue weighted by Gasteiger charge is 2.28. The average Bonchev–Trinajstić information content (AvgIpc) is 2.58. The lowest BCUT2D eigenvalue weighted by molar-refractivity contribution is -0.136. The van der Waals surface area contributed by atoms with Crippen molar-refractivity contribution in [2.75, 3.05) is 50.8 Å². The molecule has 5 nitrogen and oxygen atoms in total. The quantitative estimate of drug-likeness (QED) is 0.845. The zero-order valence-electron chi connectivity index (χ0n) is 15.1. The fourth-order valence-electron chi connectivity index (χ4n) is 3.50. The lowest BCUT2D eigenvalue weighted by Gasteiger charge is -2.40. The van der Waals surface area contributed by atoms with E-state index in [1.54, 1.807) is 0 Å². The van der Waals surface area contributed by atoms with E-state index in [9.17, 15) is 4.79 Å². The largest absolute Gasteiger partial charge is 0.376 e. The summed E-state index contributed by atoms with van der Waals surface area (Å²) in [6.45, 7) is 11.8. The summed E-state index contributed by atoms with van der Waals surface area (Å²) in [6.07, 6.45) is 0.215. The standard InChI is InChI=1S/C19H29N3O2/c1-15-5-4-6-18(11-15)20-7-9-21(10-8-20)19(23)13-22-12-17(3)24-14-16(22)2/h4-6,11,16-17H,7-10,12-14H2,1-3H3. The molecule has 1 aromatic carbocycles. The lowest BCUT2D eigenvalue weighted by Crippen LogP contribution is -2.55. The molecule has 2 aliphatic heterocycles. The minimum absolute atomic E-state index is 0.215. The number of ether oxygens (including phenoxy) is 1. The molecule has 0 saturated carbocycles.